The number of carbonyl (C=O) groups is 3. The zero-order valence-electron chi connectivity index (χ0n) is 14.2. The van der Waals surface area contributed by atoms with E-state index in [9.17, 15) is 14.4 Å². The van der Waals surface area contributed by atoms with Crippen molar-refractivity contribution >= 4 is 29.1 Å². The van der Waals surface area contributed by atoms with E-state index in [1.54, 1.807) is 17.5 Å². The minimum atomic E-state index is -0.636. The molecular weight excluding hydrogens is 338 g/mol. The minimum absolute atomic E-state index is 0.0747. The summed E-state index contributed by atoms with van der Waals surface area (Å²) in [5, 5.41) is 3.96. The summed E-state index contributed by atoms with van der Waals surface area (Å²) in [6.07, 6.45) is 0.803. The van der Waals surface area contributed by atoms with Gasteiger partial charge in [-0.1, -0.05) is 56.7 Å². The third-order valence-electron chi connectivity index (χ3n) is 3.97. The lowest BCUT2D eigenvalue weighted by Gasteiger charge is -2.21. The van der Waals surface area contributed by atoms with Gasteiger partial charge in [-0.2, -0.15) is 0 Å². The van der Waals surface area contributed by atoms with Gasteiger partial charge in [0.1, 0.15) is 0 Å². The Labute approximate surface area is 151 Å². The highest BCUT2D eigenvalue weighted by atomic mass is 32.1. The fourth-order valence-electron chi connectivity index (χ4n) is 2.45. The van der Waals surface area contributed by atoms with Gasteiger partial charge in [-0.15, -0.1) is 11.3 Å². The van der Waals surface area contributed by atoms with E-state index in [2.05, 4.69) is 5.32 Å². The van der Waals surface area contributed by atoms with E-state index in [1.807, 2.05) is 44.2 Å². The maximum atomic E-state index is 12.5. The number of hydrogen-bond acceptors (Lipinski definition) is 5. The molecule has 2 atom stereocenters. The summed E-state index contributed by atoms with van der Waals surface area (Å²) in [7, 11) is 0. The molecule has 0 fully saturated rings. The molecule has 1 aromatic heterocycles. The van der Waals surface area contributed by atoms with E-state index < -0.39 is 30.3 Å². The normalized spacial score (nSPS) is 12.9. The first-order valence-electron chi connectivity index (χ1n) is 8.12. The molecule has 0 aliphatic rings. The Bertz CT molecular complexity index is 712. The lowest BCUT2D eigenvalue weighted by atomic mass is 9.86. The monoisotopic (exact) mass is 359 g/mol. The molecule has 2 aromatic rings. The van der Waals surface area contributed by atoms with Gasteiger partial charge in [0.15, 0.2) is 6.61 Å². The molecule has 5 nitrogen and oxygen atoms in total. The molecule has 2 rings (SSSR count). The molecule has 1 N–H and O–H groups in total. The fraction of sp³-hybridized carbons (Fsp3) is 0.316. The van der Waals surface area contributed by atoms with Crippen molar-refractivity contribution in [3.8, 4) is 0 Å². The molecule has 1 aromatic carbocycles. The van der Waals surface area contributed by atoms with Gasteiger partial charge in [0, 0.05) is 0 Å². The molecule has 0 saturated carbocycles. The standard InChI is InChI=1S/C19H21NO4S/c1-3-13(2)17(14-8-5-4-6-9-14)19(23)24-12-16(21)20-18(22)15-10-7-11-25-15/h4-11,13,17H,3,12H2,1-2H3,(H,20,21,22)/t13-,17+/m0/s1. The summed E-state index contributed by atoms with van der Waals surface area (Å²) in [6.45, 7) is 3.50. The number of hydrogen-bond donors (Lipinski definition) is 1. The van der Waals surface area contributed by atoms with E-state index in [0.717, 1.165) is 12.0 Å². The largest absolute Gasteiger partial charge is 0.455 e. The molecule has 0 aliphatic carbocycles. The predicted molar refractivity (Wildman–Crippen MR) is 96.4 cm³/mol. The first-order valence-corrected chi connectivity index (χ1v) is 9.00. The van der Waals surface area contributed by atoms with Crippen molar-refractivity contribution in [1.82, 2.24) is 5.32 Å². The number of esters is 1. The van der Waals surface area contributed by atoms with Gasteiger partial charge < -0.3 is 4.74 Å². The van der Waals surface area contributed by atoms with E-state index in [4.69, 9.17) is 4.74 Å². The van der Waals surface area contributed by atoms with Crippen molar-refractivity contribution in [1.29, 1.82) is 0 Å². The fourth-order valence-corrected chi connectivity index (χ4v) is 3.07. The molecule has 0 aliphatic heterocycles. The molecular formula is C19H21NO4S. The maximum absolute atomic E-state index is 12.5. The second-order valence-electron chi connectivity index (χ2n) is 5.74. The van der Waals surface area contributed by atoms with Crippen LogP contribution in [0.3, 0.4) is 0 Å². The number of thiophene rings is 1. The maximum Gasteiger partial charge on any atom is 0.314 e. The van der Waals surface area contributed by atoms with Crippen molar-refractivity contribution in [3.63, 3.8) is 0 Å². The highest BCUT2D eigenvalue weighted by Crippen LogP contribution is 2.28. The van der Waals surface area contributed by atoms with Crippen LogP contribution in [-0.4, -0.2) is 24.4 Å². The molecule has 2 amide bonds. The number of imide groups is 1. The van der Waals surface area contributed by atoms with Crippen molar-refractivity contribution < 1.29 is 19.1 Å². The number of nitrogens with one attached hydrogen (secondary N) is 1. The molecule has 0 unspecified atom stereocenters. The van der Waals surface area contributed by atoms with Crippen LogP contribution in [-0.2, 0) is 14.3 Å². The van der Waals surface area contributed by atoms with Crippen LogP contribution < -0.4 is 5.32 Å². The molecule has 0 radical (unpaired) electrons. The van der Waals surface area contributed by atoms with Gasteiger partial charge >= 0.3 is 5.97 Å². The Hall–Kier alpha value is -2.47. The zero-order valence-corrected chi connectivity index (χ0v) is 15.0. The third kappa shape index (κ3) is 5.26. The van der Waals surface area contributed by atoms with Gasteiger partial charge in [-0.05, 0) is 22.9 Å². The third-order valence-corrected chi connectivity index (χ3v) is 4.84. The van der Waals surface area contributed by atoms with Crippen molar-refractivity contribution in [3.05, 3.63) is 58.3 Å². The number of ether oxygens (including phenoxy) is 1. The Morgan fingerprint density at radius 3 is 2.44 bits per heavy atom. The van der Waals surface area contributed by atoms with Gasteiger partial charge in [-0.25, -0.2) is 0 Å². The molecule has 0 spiro atoms. The summed E-state index contributed by atoms with van der Waals surface area (Å²) in [5.41, 5.74) is 0.858. The Balaban J connectivity index is 1.94. The van der Waals surface area contributed by atoms with Crippen LogP contribution >= 0.6 is 11.3 Å². The molecule has 6 heteroatoms. The predicted octanol–water partition coefficient (Wildman–Crippen LogP) is 3.38. The van der Waals surface area contributed by atoms with Crippen molar-refractivity contribution in [2.24, 2.45) is 5.92 Å². The summed E-state index contributed by atoms with van der Waals surface area (Å²) in [6, 6.07) is 12.7. The van der Waals surface area contributed by atoms with Crippen LogP contribution in [0.1, 0.15) is 41.4 Å². The summed E-state index contributed by atoms with van der Waals surface area (Å²) in [4.78, 5) is 36.6. The average molecular weight is 359 g/mol. The number of amides is 2. The van der Waals surface area contributed by atoms with E-state index in [0.29, 0.717) is 4.88 Å². The van der Waals surface area contributed by atoms with Crippen LogP contribution in [0.25, 0.3) is 0 Å². The second kappa shape index (κ2) is 9.13. The van der Waals surface area contributed by atoms with Crippen molar-refractivity contribution in [2.75, 3.05) is 6.61 Å². The SMILES string of the molecule is CC[C@H](C)[C@@H](C(=O)OCC(=O)NC(=O)c1cccs1)c1ccccc1. The summed E-state index contributed by atoms with van der Waals surface area (Å²) < 4.78 is 5.16. The number of benzene rings is 1. The van der Waals surface area contributed by atoms with Crippen LogP contribution in [0.15, 0.2) is 47.8 Å². The smallest absolute Gasteiger partial charge is 0.314 e. The molecule has 132 valence electrons. The van der Waals surface area contributed by atoms with Crippen LogP contribution in [0.5, 0.6) is 0 Å². The van der Waals surface area contributed by atoms with Crippen LogP contribution in [0, 0.1) is 5.92 Å². The summed E-state index contributed by atoms with van der Waals surface area (Å²) in [5.74, 6) is -1.95. The van der Waals surface area contributed by atoms with Crippen LogP contribution in [0.2, 0.25) is 0 Å². The molecule has 1 heterocycles. The Morgan fingerprint density at radius 1 is 1.12 bits per heavy atom. The average Bonchev–Trinajstić information content (AvgIpc) is 3.15. The van der Waals surface area contributed by atoms with E-state index in [-0.39, 0.29) is 5.92 Å². The van der Waals surface area contributed by atoms with Crippen LogP contribution in [0.4, 0.5) is 0 Å². The van der Waals surface area contributed by atoms with E-state index >= 15 is 0 Å². The topological polar surface area (TPSA) is 72.5 Å². The van der Waals surface area contributed by atoms with Gasteiger partial charge in [0.25, 0.3) is 11.8 Å². The molecule has 25 heavy (non-hydrogen) atoms. The molecule has 0 bridgehead atoms. The quantitative estimate of drug-likeness (QED) is 0.769. The Morgan fingerprint density at radius 2 is 1.84 bits per heavy atom. The number of carbonyl (C=O) groups excluding carboxylic acids is 3. The van der Waals surface area contributed by atoms with Gasteiger partial charge in [0.2, 0.25) is 0 Å². The zero-order chi connectivity index (χ0) is 18.2. The van der Waals surface area contributed by atoms with Gasteiger partial charge in [0.05, 0.1) is 10.8 Å². The minimum Gasteiger partial charge on any atom is -0.455 e. The second-order valence-corrected chi connectivity index (χ2v) is 6.68. The highest BCUT2D eigenvalue weighted by molar-refractivity contribution is 7.12. The van der Waals surface area contributed by atoms with E-state index in [1.165, 1.54) is 11.3 Å². The first kappa shape index (κ1) is 18.9. The van der Waals surface area contributed by atoms with Crippen molar-refractivity contribution in [2.45, 2.75) is 26.2 Å². The molecule has 0 saturated heterocycles. The first-order chi connectivity index (χ1) is 12.0. The Kier molecular flexibility index (Phi) is 6.89. The lowest BCUT2D eigenvalue weighted by molar-refractivity contribution is -0.151. The highest BCUT2D eigenvalue weighted by Gasteiger charge is 2.28. The van der Waals surface area contributed by atoms with Gasteiger partial charge in [-0.3, -0.25) is 19.7 Å². The summed E-state index contributed by atoms with van der Waals surface area (Å²) >= 11 is 1.23. The number of rotatable bonds is 7. The lowest BCUT2D eigenvalue weighted by Crippen LogP contribution is -2.34.